The standard InChI is InChI=1S/C17H30BrN/c1-13-8-9-15(14-5-4-6-16(18)11-14)12-19-10-3-2-7-17(13)19/h13-17H,2-12H2,1H3/t13?,14?,15?,16?,17-/m1/s1. The highest BCUT2D eigenvalue weighted by Gasteiger charge is 2.36. The van der Waals surface area contributed by atoms with Gasteiger partial charge in [0.25, 0.3) is 0 Å². The van der Waals surface area contributed by atoms with Gasteiger partial charge >= 0.3 is 0 Å². The highest BCUT2D eigenvalue weighted by atomic mass is 79.9. The van der Waals surface area contributed by atoms with Crippen LogP contribution < -0.4 is 0 Å². The highest BCUT2D eigenvalue weighted by molar-refractivity contribution is 9.09. The van der Waals surface area contributed by atoms with Crippen LogP contribution in [0, 0.1) is 17.8 Å². The molecule has 2 aliphatic heterocycles. The van der Waals surface area contributed by atoms with Gasteiger partial charge in [-0.2, -0.15) is 0 Å². The molecule has 0 aromatic heterocycles. The maximum atomic E-state index is 3.88. The molecule has 1 saturated carbocycles. The number of hydrogen-bond acceptors (Lipinski definition) is 1. The van der Waals surface area contributed by atoms with Crippen LogP contribution in [0.2, 0.25) is 0 Å². The summed E-state index contributed by atoms with van der Waals surface area (Å²) >= 11 is 3.88. The van der Waals surface area contributed by atoms with Gasteiger partial charge in [-0.25, -0.2) is 0 Å². The number of halogens is 1. The van der Waals surface area contributed by atoms with Crippen molar-refractivity contribution in [3.8, 4) is 0 Å². The Bertz CT molecular complexity index is 293. The van der Waals surface area contributed by atoms with E-state index in [0.29, 0.717) is 0 Å². The van der Waals surface area contributed by atoms with Gasteiger partial charge in [-0.3, -0.25) is 4.90 Å². The Morgan fingerprint density at radius 2 is 1.79 bits per heavy atom. The van der Waals surface area contributed by atoms with Gasteiger partial charge in [0.1, 0.15) is 0 Å². The van der Waals surface area contributed by atoms with E-state index >= 15 is 0 Å². The van der Waals surface area contributed by atoms with Crippen molar-refractivity contribution in [1.29, 1.82) is 0 Å². The predicted octanol–water partition coefficient (Wildman–Crippen LogP) is 4.84. The smallest absolute Gasteiger partial charge is 0.0148 e. The molecule has 0 aromatic rings. The van der Waals surface area contributed by atoms with Gasteiger partial charge in [0.05, 0.1) is 0 Å². The third kappa shape index (κ3) is 3.37. The van der Waals surface area contributed by atoms with Gasteiger partial charge in [-0.05, 0) is 62.8 Å². The molecule has 110 valence electrons. The third-order valence-corrected chi connectivity index (χ3v) is 6.93. The summed E-state index contributed by atoms with van der Waals surface area (Å²) in [6.45, 7) is 5.31. The van der Waals surface area contributed by atoms with E-state index in [0.717, 1.165) is 28.6 Å². The van der Waals surface area contributed by atoms with Gasteiger partial charge in [-0.1, -0.05) is 42.1 Å². The molecule has 3 rings (SSSR count). The lowest BCUT2D eigenvalue weighted by molar-refractivity contribution is 0.0937. The highest BCUT2D eigenvalue weighted by Crippen LogP contribution is 2.40. The zero-order chi connectivity index (χ0) is 13.2. The van der Waals surface area contributed by atoms with E-state index in [1.807, 2.05) is 0 Å². The van der Waals surface area contributed by atoms with Gasteiger partial charge in [0.2, 0.25) is 0 Å². The Labute approximate surface area is 127 Å². The average Bonchev–Trinajstić information content (AvgIpc) is 2.59. The van der Waals surface area contributed by atoms with Crippen LogP contribution >= 0.6 is 15.9 Å². The maximum Gasteiger partial charge on any atom is 0.0148 e. The van der Waals surface area contributed by atoms with Crippen LogP contribution in [-0.4, -0.2) is 28.9 Å². The maximum absolute atomic E-state index is 3.88. The normalized spacial score (nSPS) is 45.5. The van der Waals surface area contributed by atoms with Gasteiger partial charge in [0, 0.05) is 17.4 Å². The molecule has 2 heteroatoms. The van der Waals surface area contributed by atoms with E-state index < -0.39 is 0 Å². The van der Waals surface area contributed by atoms with Gasteiger partial charge in [0.15, 0.2) is 0 Å². The van der Waals surface area contributed by atoms with Crippen LogP contribution in [0.5, 0.6) is 0 Å². The molecule has 1 aliphatic carbocycles. The third-order valence-electron chi connectivity index (χ3n) is 6.10. The molecule has 0 amide bonds. The van der Waals surface area contributed by atoms with Crippen molar-refractivity contribution >= 4 is 15.9 Å². The fourth-order valence-electron chi connectivity index (χ4n) is 4.93. The fraction of sp³-hybridized carbons (Fsp3) is 1.00. The molecule has 1 nitrogen and oxygen atoms in total. The number of rotatable bonds is 1. The molecule has 3 fully saturated rings. The summed E-state index contributed by atoms with van der Waals surface area (Å²) in [6, 6.07) is 0.919. The molecule has 0 radical (unpaired) electrons. The van der Waals surface area contributed by atoms with Crippen LogP contribution in [0.25, 0.3) is 0 Å². The van der Waals surface area contributed by atoms with Crippen molar-refractivity contribution in [2.24, 2.45) is 17.8 Å². The average molecular weight is 328 g/mol. The Morgan fingerprint density at radius 1 is 0.895 bits per heavy atom. The summed E-state index contributed by atoms with van der Waals surface area (Å²) in [5.41, 5.74) is 0. The molecule has 2 heterocycles. The van der Waals surface area contributed by atoms with Crippen molar-refractivity contribution in [2.75, 3.05) is 13.1 Å². The second-order valence-corrected chi connectivity index (χ2v) is 8.69. The first kappa shape index (κ1) is 14.4. The van der Waals surface area contributed by atoms with Crippen molar-refractivity contribution in [1.82, 2.24) is 4.90 Å². The van der Waals surface area contributed by atoms with E-state index in [4.69, 9.17) is 0 Å². The van der Waals surface area contributed by atoms with Gasteiger partial charge < -0.3 is 0 Å². The van der Waals surface area contributed by atoms with E-state index in [-0.39, 0.29) is 0 Å². The Balaban J connectivity index is 1.66. The summed E-state index contributed by atoms with van der Waals surface area (Å²) < 4.78 is 0. The summed E-state index contributed by atoms with van der Waals surface area (Å²) in [6.07, 6.45) is 13.2. The minimum absolute atomic E-state index is 0.809. The lowest BCUT2D eigenvalue weighted by atomic mass is 9.77. The Kier molecular flexibility index (Phi) is 4.90. The summed E-state index contributed by atoms with van der Waals surface area (Å²) in [5, 5.41) is 0. The van der Waals surface area contributed by atoms with E-state index in [9.17, 15) is 0 Å². The Hall–Kier alpha value is 0.440. The molecule has 2 saturated heterocycles. The molecule has 0 aromatic carbocycles. The van der Waals surface area contributed by atoms with Crippen LogP contribution in [0.1, 0.15) is 64.7 Å². The number of piperidine rings is 1. The van der Waals surface area contributed by atoms with Crippen LogP contribution in [0.3, 0.4) is 0 Å². The number of alkyl halides is 1. The van der Waals surface area contributed by atoms with Gasteiger partial charge in [-0.15, -0.1) is 0 Å². The van der Waals surface area contributed by atoms with E-state index in [1.165, 1.54) is 70.9 Å². The zero-order valence-corrected chi connectivity index (χ0v) is 14.1. The SMILES string of the molecule is CC1CCC(C2CCCC(Br)C2)CN2CCCC[C@H]12. The van der Waals surface area contributed by atoms with E-state index in [1.54, 1.807) is 0 Å². The first-order valence-electron chi connectivity index (χ1n) is 8.62. The fourth-order valence-corrected chi connectivity index (χ4v) is 5.73. The van der Waals surface area contributed by atoms with Crippen LogP contribution in [-0.2, 0) is 0 Å². The molecular weight excluding hydrogens is 298 g/mol. The molecule has 3 aliphatic rings. The minimum Gasteiger partial charge on any atom is -0.300 e. The minimum atomic E-state index is 0.809. The largest absolute Gasteiger partial charge is 0.300 e. The van der Waals surface area contributed by atoms with E-state index in [2.05, 4.69) is 27.8 Å². The first-order chi connectivity index (χ1) is 9.24. The molecular formula is C17H30BrN. The number of hydrogen-bond donors (Lipinski definition) is 0. The summed E-state index contributed by atoms with van der Waals surface area (Å²) in [5.74, 6) is 2.94. The monoisotopic (exact) mass is 327 g/mol. The van der Waals surface area contributed by atoms with Crippen molar-refractivity contribution in [2.45, 2.75) is 75.6 Å². The summed E-state index contributed by atoms with van der Waals surface area (Å²) in [7, 11) is 0. The summed E-state index contributed by atoms with van der Waals surface area (Å²) in [4.78, 5) is 3.69. The molecule has 4 unspecified atom stereocenters. The molecule has 19 heavy (non-hydrogen) atoms. The van der Waals surface area contributed by atoms with Crippen molar-refractivity contribution in [3.63, 3.8) is 0 Å². The Morgan fingerprint density at radius 3 is 2.63 bits per heavy atom. The molecule has 0 N–H and O–H groups in total. The topological polar surface area (TPSA) is 3.24 Å². The quantitative estimate of drug-likeness (QED) is 0.623. The first-order valence-corrected chi connectivity index (χ1v) is 9.53. The predicted molar refractivity (Wildman–Crippen MR) is 85.8 cm³/mol. The number of fused-ring (bicyclic) bond motifs is 1. The molecule has 0 bridgehead atoms. The van der Waals surface area contributed by atoms with Crippen LogP contribution in [0.4, 0.5) is 0 Å². The number of nitrogens with zero attached hydrogens (tertiary/aromatic N) is 1. The molecule has 5 atom stereocenters. The second-order valence-electron chi connectivity index (χ2n) is 7.40. The second kappa shape index (κ2) is 6.47. The lowest BCUT2D eigenvalue weighted by Gasteiger charge is -2.40. The van der Waals surface area contributed by atoms with Crippen LogP contribution in [0.15, 0.2) is 0 Å². The van der Waals surface area contributed by atoms with Crippen molar-refractivity contribution in [3.05, 3.63) is 0 Å². The lowest BCUT2D eigenvalue weighted by Crippen LogP contribution is -2.44. The van der Waals surface area contributed by atoms with Crippen molar-refractivity contribution < 1.29 is 0 Å². The zero-order valence-electron chi connectivity index (χ0n) is 12.5. The molecule has 0 spiro atoms.